The van der Waals surface area contributed by atoms with Crippen LogP contribution in [0.3, 0.4) is 0 Å². The molecule has 0 heterocycles. The molecule has 6 nitrogen and oxygen atoms in total. The lowest BCUT2D eigenvalue weighted by molar-refractivity contribution is -0.167. The number of unbranched alkanes of at least 4 members (excludes halogenated alkanes) is 34. The number of carbonyl (C=O) groups excluding carboxylic acids is 3. The Morgan fingerprint density at radius 1 is 0.288 bits per heavy atom. The average molecular weight is 1020 g/mol. The Morgan fingerprint density at radius 2 is 0.534 bits per heavy atom. The van der Waals surface area contributed by atoms with Crippen molar-refractivity contribution in [1.82, 2.24) is 0 Å². The average Bonchev–Trinajstić information content (AvgIpc) is 3.39. The van der Waals surface area contributed by atoms with Crippen LogP contribution in [0.1, 0.15) is 316 Å². The zero-order chi connectivity index (χ0) is 52.9. The first-order valence-electron chi connectivity index (χ1n) is 31.4. The van der Waals surface area contributed by atoms with E-state index in [4.69, 9.17) is 14.2 Å². The Morgan fingerprint density at radius 3 is 0.836 bits per heavy atom. The molecular weight excluding hydrogens is 901 g/mol. The molecule has 0 rings (SSSR count). The number of esters is 3. The van der Waals surface area contributed by atoms with Crippen LogP contribution in [0.15, 0.2) is 72.9 Å². The summed E-state index contributed by atoms with van der Waals surface area (Å²) in [6.07, 6.45) is 79.3. The van der Waals surface area contributed by atoms with Crippen molar-refractivity contribution in [3.63, 3.8) is 0 Å². The van der Waals surface area contributed by atoms with Crippen molar-refractivity contribution in [2.24, 2.45) is 0 Å². The molecule has 0 bridgehead atoms. The Hall–Kier alpha value is -3.15. The lowest BCUT2D eigenvalue weighted by atomic mass is 10.0. The maximum absolute atomic E-state index is 12.9. The third-order valence-electron chi connectivity index (χ3n) is 13.7. The number of hydrogen-bond donors (Lipinski definition) is 0. The van der Waals surface area contributed by atoms with Crippen molar-refractivity contribution in [2.45, 2.75) is 322 Å². The highest BCUT2D eigenvalue weighted by molar-refractivity contribution is 5.71. The van der Waals surface area contributed by atoms with E-state index in [1.165, 1.54) is 186 Å². The molecule has 0 aromatic rings. The van der Waals surface area contributed by atoms with E-state index in [1.807, 2.05) is 0 Å². The lowest BCUT2D eigenvalue weighted by Crippen LogP contribution is -2.30. The highest BCUT2D eigenvalue weighted by atomic mass is 16.6. The highest BCUT2D eigenvalue weighted by Gasteiger charge is 2.19. The predicted octanol–water partition coefficient (Wildman–Crippen LogP) is 21.3. The van der Waals surface area contributed by atoms with Gasteiger partial charge in [0.1, 0.15) is 13.2 Å². The second-order valence-corrected chi connectivity index (χ2v) is 20.9. The van der Waals surface area contributed by atoms with Gasteiger partial charge in [-0.1, -0.05) is 280 Å². The minimum Gasteiger partial charge on any atom is -0.462 e. The predicted molar refractivity (Wildman–Crippen MR) is 316 cm³/mol. The Balaban J connectivity index is 4.13. The monoisotopic (exact) mass is 1020 g/mol. The highest BCUT2D eigenvalue weighted by Crippen LogP contribution is 2.16. The van der Waals surface area contributed by atoms with Crippen molar-refractivity contribution in [2.75, 3.05) is 13.2 Å². The quantitative estimate of drug-likeness (QED) is 0.0261. The van der Waals surface area contributed by atoms with Crippen LogP contribution >= 0.6 is 0 Å². The normalized spacial score (nSPS) is 12.5. The van der Waals surface area contributed by atoms with Crippen LogP contribution in [0, 0.1) is 0 Å². The van der Waals surface area contributed by atoms with Gasteiger partial charge in [-0.3, -0.25) is 14.4 Å². The van der Waals surface area contributed by atoms with Gasteiger partial charge in [-0.25, -0.2) is 0 Å². The first kappa shape index (κ1) is 69.8. The molecule has 0 aliphatic rings. The first-order valence-corrected chi connectivity index (χ1v) is 31.4. The summed E-state index contributed by atoms with van der Waals surface area (Å²) in [6, 6.07) is 0. The van der Waals surface area contributed by atoms with E-state index in [2.05, 4.69) is 93.7 Å². The molecule has 0 aliphatic carbocycles. The van der Waals surface area contributed by atoms with Gasteiger partial charge >= 0.3 is 17.9 Å². The van der Waals surface area contributed by atoms with Gasteiger partial charge in [-0.15, -0.1) is 0 Å². The summed E-state index contributed by atoms with van der Waals surface area (Å²) in [6.45, 7) is 6.50. The molecule has 0 aromatic heterocycles. The van der Waals surface area contributed by atoms with Gasteiger partial charge < -0.3 is 14.2 Å². The third-order valence-corrected chi connectivity index (χ3v) is 13.7. The van der Waals surface area contributed by atoms with E-state index in [1.54, 1.807) is 0 Å². The molecule has 0 fully saturated rings. The van der Waals surface area contributed by atoms with E-state index >= 15 is 0 Å². The summed E-state index contributed by atoms with van der Waals surface area (Å²) in [4.78, 5) is 38.1. The fourth-order valence-electron chi connectivity index (χ4n) is 9.00. The van der Waals surface area contributed by atoms with Gasteiger partial charge in [0.2, 0.25) is 0 Å². The van der Waals surface area contributed by atoms with E-state index in [-0.39, 0.29) is 31.1 Å². The Bertz CT molecular complexity index is 1360. The van der Waals surface area contributed by atoms with Crippen LogP contribution in [-0.2, 0) is 28.6 Å². The molecule has 0 spiro atoms. The number of allylic oxidation sites excluding steroid dienone is 12. The summed E-state index contributed by atoms with van der Waals surface area (Å²) in [5, 5.41) is 0. The molecule has 0 aromatic carbocycles. The summed E-state index contributed by atoms with van der Waals surface area (Å²) in [7, 11) is 0. The van der Waals surface area contributed by atoms with Gasteiger partial charge in [0.25, 0.3) is 0 Å². The zero-order valence-electron chi connectivity index (χ0n) is 48.4. The molecule has 73 heavy (non-hydrogen) atoms. The molecule has 422 valence electrons. The topological polar surface area (TPSA) is 78.9 Å². The smallest absolute Gasteiger partial charge is 0.306 e. The molecule has 1 unspecified atom stereocenters. The number of rotatable bonds is 57. The van der Waals surface area contributed by atoms with Gasteiger partial charge in [0.15, 0.2) is 6.10 Å². The molecule has 0 N–H and O–H groups in total. The molecule has 0 saturated carbocycles. The number of hydrogen-bond acceptors (Lipinski definition) is 6. The molecule has 6 heteroatoms. The largest absolute Gasteiger partial charge is 0.462 e. The summed E-state index contributed by atoms with van der Waals surface area (Å²) in [5.74, 6) is -0.872. The second-order valence-electron chi connectivity index (χ2n) is 20.9. The second kappa shape index (κ2) is 61.4. The molecule has 0 saturated heterocycles. The standard InChI is InChI=1S/C67H118O6/c1-4-7-10-13-16-18-20-22-24-26-28-30-32-33-35-36-38-40-42-44-46-48-51-54-57-60-66(69)72-63-64(62-71-65(68)59-56-53-50-15-12-9-6-3)73-67(70)61-58-55-52-49-47-45-43-41-39-37-34-31-29-27-25-23-21-19-17-14-11-8-5-2/h7,10,16,18,21-24,27-30,64H,4-6,8-9,11-15,17,19-20,25-26,31-63H2,1-3H3/b10-7-,18-16-,23-21-,24-22-,29-27-,30-28-. The van der Waals surface area contributed by atoms with Crippen molar-refractivity contribution in [3.8, 4) is 0 Å². The van der Waals surface area contributed by atoms with Gasteiger partial charge in [0, 0.05) is 19.3 Å². The molecule has 0 amide bonds. The zero-order valence-corrected chi connectivity index (χ0v) is 48.4. The van der Waals surface area contributed by atoms with Crippen LogP contribution in [0.25, 0.3) is 0 Å². The third kappa shape index (κ3) is 59.6. The SMILES string of the molecule is CC/C=C\C/C=C\C/C=C\C/C=C\CCCCCCCCCCCCCCC(=O)OCC(COC(=O)CCCCCCCCC)OC(=O)CCCCCCCCCCCCC/C=C\C/C=C\CCCCCCC. The molecule has 0 aliphatic heterocycles. The van der Waals surface area contributed by atoms with E-state index < -0.39 is 6.10 Å². The Labute approximate surface area is 453 Å². The summed E-state index contributed by atoms with van der Waals surface area (Å²) < 4.78 is 16.8. The van der Waals surface area contributed by atoms with Crippen LogP contribution in [0.5, 0.6) is 0 Å². The van der Waals surface area contributed by atoms with Crippen molar-refractivity contribution >= 4 is 17.9 Å². The van der Waals surface area contributed by atoms with Crippen molar-refractivity contribution in [3.05, 3.63) is 72.9 Å². The molecule has 1 atom stereocenters. The van der Waals surface area contributed by atoms with E-state index in [0.717, 1.165) is 89.9 Å². The molecular formula is C67H118O6. The maximum atomic E-state index is 12.9. The number of ether oxygens (including phenoxy) is 3. The van der Waals surface area contributed by atoms with E-state index in [9.17, 15) is 14.4 Å². The van der Waals surface area contributed by atoms with Crippen LogP contribution < -0.4 is 0 Å². The van der Waals surface area contributed by atoms with Crippen molar-refractivity contribution in [1.29, 1.82) is 0 Å². The number of carbonyl (C=O) groups is 3. The van der Waals surface area contributed by atoms with Crippen LogP contribution in [0.2, 0.25) is 0 Å². The van der Waals surface area contributed by atoms with Gasteiger partial charge in [0.05, 0.1) is 0 Å². The van der Waals surface area contributed by atoms with Gasteiger partial charge in [-0.05, 0) is 89.9 Å². The molecule has 0 radical (unpaired) electrons. The Kier molecular flexibility index (Phi) is 58.7. The maximum Gasteiger partial charge on any atom is 0.306 e. The summed E-state index contributed by atoms with van der Waals surface area (Å²) in [5.41, 5.74) is 0. The minimum absolute atomic E-state index is 0.0741. The lowest BCUT2D eigenvalue weighted by Gasteiger charge is -2.18. The van der Waals surface area contributed by atoms with Crippen LogP contribution in [-0.4, -0.2) is 37.2 Å². The first-order chi connectivity index (χ1) is 36.0. The summed E-state index contributed by atoms with van der Waals surface area (Å²) >= 11 is 0. The fraction of sp³-hybridized carbons (Fsp3) is 0.776. The van der Waals surface area contributed by atoms with Gasteiger partial charge in [-0.2, -0.15) is 0 Å². The minimum atomic E-state index is -0.774. The van der Waals surface area contributed by atoms with E-state index in [0.29, 0.717) is 19.3 Å². The van der Waals surface area contributed by atoms with Crippen molar-refractivity contribution < 1.29 is 28.6 Å². The van der Waals surface area contributed by atoms with Crippen LogP contribution in [0.4, 0.5) is 0 Å². The fourth-order valence-corrected chi connectivity index (χ4v) is 9.00.